The predicted molar refractivity (Wildman–Crippen MR) is 75.9 cm³/mol. The van der Waals surface area contributed by atoms with Crippen LogP contribution < -0.4 is 20.5 Å². The molecule has 0 saturated heterocycles. The van der Waals surface area contributed by atoms with Gasteiger partial charge in [0.25, 0.3) is 5.91 Å². The molecule has 0 aromatic heterocycles. The molecule has 1 unspecified atom stereocenters. The number of nitrogens with two attached hydrogens (primary N) is 1. The summed E-state index contributed by atoms with van der Waals surface area (Å²) in [5.74, 6) is 1.04. The third-order valence-electron chi connectivity index (χ3n) is 4.35. The van der Waals surface area contributed by atoms with Gasteiger partial charge in [-0.25, -0.2) is 0 Å². The topological polar surface area (TPSA) is 73.6 Å². The van der Waals surface area contributed by atoms with E-state index < -0.39 is 0 Å². The first kappa shape index (κ1) is 13.1. The highest BCUT2D eigenvalue weighted by Gasteiger charge is 2.35. The molecule has 1 aromatic carbocycles. The summed E-state index contributed by atoms with van der Waals surface area (Å²) in [6, 6.07) is 3.51. The average Bonchev–Trinajstić information content (AvgIpc) is 2.95. The van der Waals surface area contributed by atoms with E-state index in [-0.39, 0.29) is 24.2 Å². The highest BCUT2D eigenvalue weighted by molar-refractivity contribution is 6.00. The van der Waals surface area contributed by atoms with Crippen LogP contribution in [0.25, 0.3) is 0 Å². The predicted octanol–water partition coefficient (Wildman–Crippen LogP) is 2.31. The summed E-state index contributed by atoms with van der Waals surface area (Å²) in [6.45, 7) is 4.55. The maximum atomic E-state index is 12.4. The fourth-order valence-electron chi connectivity index (χ4n) is 2.98. The number of rotatable bonds is 2. The Morgan fingerprint density at radius 1 is 1.35 bits per heavy atom. The number of fused-ring (bicyclic) bond motifs is 1. The normalized spacial score (nSPS) is 22.8. The molecule has 1 fully saturated rings. The third-order valence-corrected chi connectivity index (χ3v) is 4.35. The highest BCUT2D eigenvalue weighted by Crippen LogP contribution is 2.38. The van der Waals surface area contributed by atoms with Crippen molar-refractivity contribution in [1.29, 1.82) is 0 Å². The number of amides is 1. The summed E-state index contributed by atoms with van der Waals surface area (Å²) in [7, 11) is 0. The number of carbonyl (C=O) groups is 1. The summed E-state index contributed by atoms with van der Waals surface area (Å²) < 4.78 is 10.5. The molecule has 2 aliphatic rings. The van der Waals surface area contributed by atoms with Gasteiger partial charge in [-0.1, -0.05) is 20.3 Å². The summed E-state index contributed by atoms with van der Waals surface area (Å²) in [6.07, 6.45) is 3.30. The molecular weight excluding hydrogens is 256 g/mol. The molecule has 20 heavy (non-hydrogen) atoms. The largest absolute Gasteiger partial charge is 0.454 e. The maximum absolute atomic E-state index is 12.4. The van der Waals surface area contributed by atoms with Crippen molar-refractivity contribution in [2.24, 2.45) is 5.41 Å². The molecule has 0 radical (unpaired) electrons. The number of nitrogen functional groups attached to an aromatic ring is 1. The van der Waals surface area contributed by atoms with Crippen molar-refractivity contribution >= 4 is 11.6 Å². The van der Waals surface area contributed by atoms with Gasteiger partial charge in [-0.15, -0.1) is 0 Å². The minimum absolute atomic E-state index is 0.138. The Morgan fingerprint density at radius 2 is 2.05 bits per heavy atom. The molecule has 1 saturated carbocycles. The Balaban J connectivity index is 1.81. The van der Waals surface area contributed by atoms with Gasteiger partial charge in [-0.3, -0.25) is 4.79 Å². The van der Waals surface area contributed by atoms with Crippen LogP contribution in [0.15, 0.2) is 12.1 Å². The van der Waals surface area contributed by atoms with Crippen molar-refractivity contribution in [2.75, 3.05) is 12.5 Å². The van der Waals surface area contributed by atoms with Crippen molar-refractivity contribution < 1.29 is 14.3 Å². The number of carbonyl (C=O) groups excluding carboxylic acids is 1. The van der Waals surface area contributed by atoms with E-state index in [1.165, 1.54) is 0 Å². The number of nitrogens with one attached hydrogen (secondary N) is 1. The van der Waals surface area contributed by atoms with E-state index >= 15 is 0 Å². The molecule has 1 aliphatic heterocycles. The van der Waals surface area contributed by atoms with E-state index in [4.69, 9.17) is 15.2 Å². The molecule has 1 heterocycles. The second-order valence-corrected chi connectivity index (χ2v) is 6.20. The Kier molecular flexibility index (Phi) is 3.00. The van der Waals surface area contributed by atoms with Gasteiger partial charge in [-0.05, 0) is 24.3 Å². The van der Waals surface area contributed by atoms with Crippen LogP contribution in [-0.2, 0) is 0 Å². The minimum Gasteiger partial charge on any atom is -0.454 e. The maximum Gasteiger partial charge on any atom is 0.253 e. The second-order valence-electron chi connectivity index (χ2n) is 6.20. The molecule has 5 nitrogen and oxygen atoms in total. The van der Waals surface area contributed by atoms with Gasteiger partial charge in [0.15, 0.2) is 11.5 Å². The molecule has 1 atom stereocenters. The number of ether oxygens (including phenoxy) is 2. The highest BCUT2D eigenvalue weighted by atomic mass is 16.7. The molecule has 0 spiro atoms. The first-order valence-electron chi connectivity index (χ1n) is 6.97. The fourth-order valence-corrected chi connectivity index (χ4v) is 2.98. The molecule has 0 bridgehead atoms. The van der Waals surface area contributed by atoms with Crippen LogP contribution in [0, 0.1) is 5.41 Å². The molecule has 108 valence electrons. The lowest BCUT2D eigenvalue weighted by atomic mass is 9.87. The minimum atomic E-state index is -0.138. The molecular formula is C15H20N2O3. The van der Waals surface area contributed by atoms with Crippen LogP contribution in [-0.4, -0.2) is 18.7 Å². The molecule has 1 aliphatic carbocycles. The first-order chi connectivity index (χ1) is 9.47. The van der Waals surface area contributed by atoms with Crippen molar-refractivity contribution in [3.8, 4) is 11.5 Å². The van der Waals surface area contributed by atoms with E-state index in [9.17, 15) is 4.79 Å². The number of benzene rings is 1. The summed E-state index contributed by atoms with van der Waals surface area (Å²) >= 11 is 0. The van der Waals surface area contributed by atoms with Crippen LogP contribution >= 0.6 is 0 Å². The zero-order chi connectivity index (χ0) is 14.3. The van der Waals surface area contributed by atoms with E-state index in [0.717, 1.165) is 19.3 Å². The van der Waals surface area contributed by atoms with Crippen molar-refractivity contribution in [3.63, 3.8) is 0 Å². The Labute approximate surface area is 118 Å². The van der Waals surface area contributed by atoms with E-state index in [0.29, 0.717) is 22.7 Å². The summed E-state index contributed by atoms with van der Waals surface area (Å²) in [5, 5.41) is 3.10. The van der Waals surface area contributed by atoms with Crippen LogP contribution in [0.3, 0.4) is 0 Å². The first-order valence-corrected chi connectivity index (χ1v) is 6.97. The lowest BCUT2D eigenvalue weighted by Crippen LogP contribution is -2.41. The van der Waals surface area contributed by atoms with Crippen LogP contribution in [0.4, 0.5) is 5.69 Å². The Bertz CT molecular complexity index is 554. The molecule has 5 heteroatoms. The number of hydrogen-bond acceptors (Lipinski definition) is 4. The summed E-state index contributed by atoms with van der Waals surface area (Å²) in [4.78, 5) is 12.4. The summed E-state index contributed by atoms with van der Waals surface area (Å²) in [5.41, 5.74) is 6.95. The van der Waals surface area contributed by atoms with Gasteiger partial charge in [-0.2, -0.15) is 0 Å². The standard InChI is InChI=1S/C15H20N2O3/c1-15(2)5-3-4-13(15)17-14(18)9-6-11-12(7-10(9)16)20-8-19-11/h6-7,13H,3-5,8,16H2,1-2H3,(H,17,18). The third kappa shape index (κ3) is 2.17. The Hall–Kier alpha value is -1.91. The van der Waals surface area contributed by atoms with Gasteiger partial charge in [0.1, 0.15) is 0 Å². The molecule has 1 amide bonds. The van der Waals surface area contributed by atoms with Crippen molar-refractivity contribution in [2.45, 2.75) is 39.2 Å². The average molecular weight is 276 g/mol. The second kappa shape index (κ2) is 4.58. The van der Waals surface area contributed by atoms with Gasteiger partial charge < -0.3 is 20.5 Å². The van der Waals surface area contributed by atoms with Crippen molar-refractivity contribution in [1.82, 2.24) is 5.32 Å². The zero-order valence-corrected chi connectivity index (χ0v) is 11.9. The van der Waals surface area contributed by atoms with Gasteiger partial charge in [0.2, 0.25) is 6.79 Å². The van der Waals surface area contributed by atoms with Crippen LogP contribution in [0.2, 0.25) is 0 Å². The molecule has 1 aromatic rings. The molecule has 3 rings (SSSR count). The van der Waals surface area contributed by atoms with Crippen LogP contribution in [0.5, 0.6) is 11.5 Å². The van der Waals surface area contributed by atoms with Gasteiger partial charge in [0, 0.05) is 17.8 Å². The SMILES string of the molecule is CC1(C)CCCC1NC(=O)c1cc2c(cc1N)OCO2. The van der Waals surface area contributed by atoms with E-state index in [2.05, 4.69) is 19.2 Å². The number of hydrogen-bond donors (Lipinski definition) is 2. The van der Waals surface area contributed by atoms with Crippen molar-refractivity contribution in [3.05, 3.63) is 17.7 Å². The lowest BCUT2D eigenvalue weighted by Gasteiger charge is -2.28. The monoisotopic (exact) mass is 276 g/mol. The van der Waals surface area contributed by atoms with Gasteiger partial charge in [0.05, 0.1) is 5.56 Å². The zero-order valence-electron chi connectivity index (χ0n) is 11.9. The Morgan fingerprint density at radius 3 is 2.70 bits per heavy atom. The number of anilines is 1. The smallest absolute Gasteiger partial charge is 0.253 e. The van der Waals surface area contributed by atoms with Crippen LogP contribution in [0.1, 0.15) is 43.5 Å². The fraction of sp³-hybridized carbons (Fsp3) is 0.533. The molecule has 3 N–H and O–H groups in total. The lowest BCUT2D eigenvalue weighted by molar-refractivity contribution is 0.0910. The van der Waals surface area contributed by atoms with Gasteiger partial charge >= 0.3 is 0 Å². The quantitative estimate of drug-likeness (QED) is 0.813. The van der Waals surface area contributed by atoms with E-state index in [1.54, 1.807) is 12.1 Å². The van der Waals surface area contributed by atoms with E-state index in [1.807, 2.05) is 0 Å².